The van der Waals surface area contributed by atoms with Crippen molar-refractivity contribution in [3.8, 4) is 0 Å². The first-order valence-corrected chi connectivity index (χ1v) is 8.44. The van der Waals surface area contributed by atoms with E-state index in [-0.39, 0.29) is 17.3 Å². The van der Waals surface area contributed by atoms with Crippen LogP contribution in [0.25, 0.3) is 0 Å². The zero-order valence-corrected chi connectivity index (χ0v) is 15.4. The van der Waals surface area contributed by atoms with Crippen LogP contribution >= 0.6 is 0 Å². The van der Waals surface area contributed by atoms with Gasteiger partial charge in [0.15, 0.2) is 0 Å². The van der Waals surface area contributed by atoms with Crippen molar-refractivity contribution in [3.05, 3.63) is 32.1 Å². The fraction of sp³-hybridized carbons (Fsp3) is 0.706. The summed E-state index contributed by atoms with van der Waals surface area (Å²) in [6.45, 7) is 9.89. The average Bonchev–Trinajstić information content (AvgIpc) is 2.50. The quantitative estimate of drug-likeness (QED) is 0.825. The molecule has 1 atom stereocenters. The number of nitrogens with zero attached hydrogens (tertiary/aromatic N) is 3. The summed E-state index contributed by atoms with van der Waals surface area (Å²) in [6.07, 6.45) is 0.635. The maximum atomic E-state index is 12.8. The van der Waals surface area contributed by atoms with E-state index in [0.717, 1.165) is 5.69 Å². The van der Waals surface area contributed by atoms with Gasteiger partial charge in [-0.3, -0.25) is 9.36 Å². The lowest BCUT2D eigenvalue weighted by Gasteiger charge is -2.37. The molecule has 0 aliphatic carbocycles. The number of carbonyl (C=O) groups excluding carboxylic acids is 1. The lowest BCUT2D eigenvalue weighted by molar-refractivity contribution is 0.0130. The van der Waals surface area contributed by atoms with Crippen molar-refractivity contribution in [2.75, 3.05) is 6.54 Å². The predicted octanol–water partition coefficient (Wildman–Crippen LogP) is 1.81. The lowest BCUT2D eigenvalue weighted by Crippen LogP contribution is -2.50. The molecule has 0 fully saturated rings. The first-order chi connectivity index (χ1) is 11.1. The van der Waals surface area contributed by atoms with E-state index in [1.807, 2.05) is 27.7 Å². The van der Waals surface area contributed by atoms with Gasteiger partial charge in [-0.05, 0) is 34.1 Å². The van der Waals surface area contributed by atoms with Crippen LogP contribution in [0.4, 0.5) is 4.79 Å². The van der Waals surface area contributed by atoms with E-state index in [2.05, 4.69) is 0 Å². The third-order valence-electron chi connectivity index (χ3n) is 4.34. The maximum Gasteiger partial charge on any atom is 0.410 e. The van der Waals surface area contributed by atoms with Gasteiger partial charge in [0.2, 0.25) is 0 Å². The minimum atomic E-state index is -0.594. The highest BCUT2D eigenvalue weighted by atomic mass is 16.6. The van der Waals surface area contributed by atoms with E-state index >= 15 is 0 Å². The standard InChI is InChI=1S/C17H27N3O4/c1-7-11-13-12(18(6)15(22)19(8-2)14(13)21)9-10-20(11)16(23)24-17(3,4)5/h11H,7-10H2,1-6H3. The van der Waals surface area contributed by atoms with Gasteiger partial charge in [-0.1, -0.05) is 6.92 Å². The molecule has 1 aliphatic rings. The first-order valence-electron chi connectivity index (χ1n) is 8.44. The molecule has 0 aromatic carbocycles. The second kappa shape index (κ2) is 6.45. The molecule has 0 radical (unpaired) electrons. The number of carbonyl (C=O) groups is 1. The summed E-state index contributed by atoms with van der Waals surface area (Å²) in [6, 6.07) is -0.374. The smallest absolute Gasteiger partial charge is 0.410 e. The van der Waals surface area contributed by atoms with Crippen molar-refractivity contribution in [3.63, 3.8) is 0 Å². The first kappa shape index (κ1) is 18.3. The maximum absolute atomic E-state index is 12.8. The van der Waals surface area contributed by atoms with Crippen molar-refractivity contribution in [2.45, 2.75) is 65.6 Å². The zero-order valence-electron chi connectivity index (χ0n) is 15.4. The summed E-state index contributed by atoms with van der Waals surface area (Å²) in [7, 11) is 1.68. The summed E-state index contributed by atoms with van der Waals surface area (Å²) in [4.78, 5) is 39.3. The van der Waals surface area contributed by atoms with Crippen LogP contribution in [0.2, 0.25) is 0 Å². The molecule has 24 heavy (non-hydrogen) atoms. The molecule has 2 heterocycles. The number of fused-ring (bicyclic) bond motifs is 1. The molecule has 0 saturated carbocycles. The Morgan fingerprint density at radius 1 is 1.25 bits per heavy atom. The zero-order chi connectivity index (χ0) is 18.2. The number of rotatable bonds is 2. The minimum absolute atomic E-state index is 0.296. The Hall–Kier alpha value is -2.05. The number of ether oxygens (including phenoxy) is 1. The van der Waals surface area contributed by atoms with Crippen LogP contribution in [0.15, 0.2) is 9.59 Å². The molecule has 1 aromatic heterocycles. The van der Waals surface area contributed by atoms with Gasteiger partial charge in [0.1, 0.15) is 5.60 Å². The van der Waals surface area contributed by atoms with Crippen LogP contribution in [0.1, 0.15) is 58.3 Å². The summed E-state index contributed by atoms with van der Waals surface area (Å²) in [5.41, 5.74) is 0.0699. The van der Waals surface area contributed by atoms with Gasteiger partial charge in [0.25, 0.3) is 5.56 Å². The van der Waals surface area contributed by atoms with Crippen LogP contribution in [0, 0.1) is 0 Å². The Morgan fingerprint density at radius 2 is 1.88 bits per heavy atom. The normalized spacial score (nSPS) is 17.6. The van der Waals surface area contributed by atoms with Crippen LogP contribution in [-0.4, -0.2) is 32.3 Å². The van der Waals surface area contributed by atoms with Crippen LogP contribution < -0.4 is 11.2 Å². The van der Waals surface area contributed by atoms with E-state index in [9.17, 15) is 14.4 Å². The van der Waals surface area contributed by atoms with Gasteiger partial charge in [-0.2, -0.15) is 0 Å². The van der Waals surface area contributed by atoms with Gasteiger partial charge in [-0.15, -0.1) is 0 Å². The highest BCUT2D eigenvalue weighted by Gasteiger charge is 2.36. The van der Waals surface area contributed by atoms with Crippen LogP contribution in [0.3, 0.4) is 0 Å². The van der Waals surface area contributed by atoms with E-state index in [1.54, 1.807) is 18.9 Å². The van der Waals surface area contributed by atoms with Gasteiger partial charge in [0, 0.05) is 32.3 Å². The molecule has 0 N–H and O–H groups in total. The molecule has 1 unspecified atom stereocenters. The summed E-state index contributed by atoms with van der Waals surface area (Å²) in [5.74, 6) is 0. The molecule has 1 amide bonds. The summed E-state index contributed by atoms with van der Waals surface area (Å²) < 4.78 is 8.24. The highest BCUT2D eigenvalue weighted by molar-refractivity contribution is 5.69. The molecule has 0 saturated heterocycles. The number of aromatic nitrogens is 2. The third kappa shape index (κ3) is 3.12. The van der Waals surface area contributed by atoms with Crippen LogP contribution in [0.5, 0.6) is 0 Å². The SMILES string of the molecule is CCC1c2c(n(C)c(=O)n(CC)c2=O)CCN1C(=O)OC(C)(C)C. The van der Waals surface area contributed by atoms with E-state index in [0.29, 0.717) is 31.5 Å². The van der Waals surface area contributed by atoms with Gasteiger partial charge in [-0.25, -0.2) is 9.59 Å². The molecule has 7 heteroatoms. The van der Waals surface area contributed by atoms with Gasteiger partial charge < -0.3 is 14.2 Å². The van der Waals surface area contributed by atoms with Crippen molar-refractivity contribution in [1.29, 1.82) is 0 Å². The Kier molecular flexibility index (Phi) is 4.92. The molecule has 1 aliphatic heterocycles. The Labute approximate surface area is 141 Å². The summed E-state index contributed by atoms with van der Waals surface area (Å²) in [5, 5.41) is 0. The molecular weight excluding hydrogens is 310 g/mol. The van der Waals surface area contributed by atoms with Crippen LogP contribution in [-0.2, 0) is 24.8 Å². The van der Waals surface area contributed by atoms with Gasteiger partial charge >= 0.3 is 11.8 Å². The number of hydrogen-bond donors (Lipinski definition) is 0. The average molecular weight is 337 g/mol. The molecular formula is C17H27N3O4. The summed E-state index contributed by atoms with van der Waals surface area (Å²) >= 11 is 0. The Balaban J connectivity index is 2.56. The molecule has 0 bridgehead atoms. The lowest BCUT2D eigenvalue weighted by atomic mass is 9.96. The van der Waals surface area contributed by atoms with E-state index in [1.165, 1.54) is 9.13 Å². The second-order valence-corrected chi connectivity index (χ2v) is 7.10. The molecule has 0 spiro atoms. The molecule has 1 aromatic rings. The van der Waals surface area contributed by atoms with E-state index in [4.69, 9.17) is 4.74 Å². The van der Waals surface area contributed by atoms with Crippen molar-refractivity contribution in [2.24, 2.45) is 7.05 Å². The van der Waals surface area contributed by atoms with Crippen molar-refractivity contribution in [1.82, 2.24) is 14.0 Å². The third-order valence-corrected chi connectivity index (χ3v) is 4.34. The predicted molar refractivity (Wildman–Crippen MR) is 91.3 cm³/mol. The molecule has 134 valence electrons. The molecule has 2 rings (SSSR count). The number of hydrogen-bond acceptors (Lipinski definition) is 4. The monoisotopic (exact) mass is 337 g/mol. The van der Waals surface area contributed by atoms with Gasteiger partial charge in [0.05, 0.1) is 11.6 Å². The highest BCUT2D eigenvalue weighted by Crippen LogP contribution is 2.30. The second-order valence-electron chi connectivity index (χ2n) is 7.10. The fourth-order valence-electron chi connectivity index (χ4n) is 3.25. The van der Waals surface area contributed by atoms with Crippen molar-refractivity contribution < 1.29 is 9.53 Å². The van der Waals surface area contributed by atoms with Crippen molar-refractivity contribution >= 4 is 6.09 Å². The number of amides is 1. The Bertz CT molecular complexity index is 755. The Morgan fingerprint density at radius 3 is 2.38 bits per heavy atom. The minimum Gasteiger partial charge on any atom is -0.444 e. The fourth-order valence-corrected chi connectivity index (χ4v) is 3.25. The molecule has 7 nitrogen and oxygen atoms in total. The van der Waals surface area contributed by atoms with E-state index < -0.39 is 11.7 Å². The largest absolute Gasteiger partial charge is 0.444 e. The topological polar surface area (TPSA) is 73.5 Å².